The molecule has 120 valence electrons. The average molecular weight is 335 g/mol. The Morgan fingerprint density at radius 3 is 2.61 bits per heavy atom. The van der Waals surface area contributed by atoms with Crippen molar-refractivity contribution in [2.45, 2.75) is 19.4 Å². The van der Waals surface area contributed by atoms with Gasteiger partial charge in [-0.3, -0.25) is 14.9 Å². The standard InChI is InChI=1S/C16H15ClN2O4/c1-2-15(23-12-6-4-3-5-7-12)16(20)18-11-8-9-13(17)14(10-11)19(21)22/h3-10,15H,2H2,1H3,(H,18,20). The van der Waals surface area contributed by atoms with E-state index in [1.807, 2.05) is 25.1 Å². The third-order valence-electron chi connectivity index (χ3n) is 3.10. The zero-order chi connectivity index (χ0) is 16.8. The summed E-state index contributed by atoms with van der Waals surface area (Å²) in [5.74, 6) is 0.199. The summed E-state index contributed by atoms with van der Waals surface area (Å²) in [5.41, 5.74) is 0.0303. The van der Waals surface area contributed by atoms with E-state index in [-0.39, 0.29) is 16.6 Å². The fraction of sp³-hybridized carbons (Fsp3) is 0.188. The number of hydrogen-bond donors (Lipinski definition) is 1. The molecule has 2 rings (SSSR count). The summed E-state index contributed by atoms with van der Waals surface area (Å²) >= 11 is 5.75. The average Bonchev–Trinajstić information content (AvgIpc) is 2.55. The van der Waals surface area contributed by atoms with E-state index in [1.165, 1.54) is 18.2 Å². The molecule has 2 aromatic rings. The molecule has 0 saturated heterocycles. The molecule has 0 aliphatic heterocycles. The monoisotopic (exact) mass is 334 g/mol. The minimum Gasteiger partial charge on any atom is -0.481 e. The molecule has 0 fully saturated rings. The van der Waals surface area contributed by atoms with E-state index >= 15 is 0 Å². The first-order chi connectivity index (χ1) is 11.0. The maximum absolute atomic E-state index is 12.3. The molecule has 1 N–H and O–H groups in total. The van der Waals surface area contributed by atoms with E-state index in [2.05, 4.69) is 5.32 Å². The van der Waals surface area contributed by atoms with Gasteiger partial charge in [-0.05, 0) is 30.7 Å². The number of rotatable bonds is 6. The van der Waals surface area contributed by atoms with Crippen molar-refractivity contribution in [3.8, 4) is 5.75 Å². The second-order valence-corrected chi connectivity index (χ2v) is 5.15. The number of halogens is 1. The highest BCUT2D eigenvalue weighted by Gasteiger charge is 2.20. The molecule has 0 aliphatic carbocycles. The zero-order valence-corrected chi connectivity index (χ0v) is 13.1. The Kier molecular flexibility index (Phi) is 5.54. The van der Waals surface area contributed by atoms with Gasteiger partial charge >= 0.3 is 0 Å². The second kappa shape index (κ2) is 7.60. The van der Waals surface area contributed by atoms with Crippen molar-refractivity contribution in [3.63, 3.8) is 0 Å². The summed E-state index contributed by atoms with van der Waals surface area (Å²) in [5, 5.41) is 13.5. The molecule has 0 spiro atoms. The third kappa shape index (κ3) is 4.43. The summed E-state index contributed by atoms with van der Waals surface area (Å²) in [7, 11) is 0. The lowest BCUT2D eigenvalue weighted by Crippen LogP contribution is -2.32. The van der Waals surface area contributed by atoms with Crippen LogP contribution in [0.1, 0.15) is 13.3 Å². The van der Waals surface area contributed by atoms with Crippen LogP contribution in [-0.4, -0.2) is 16.9 Å². The SMILES string of the molecule is CCC(Oc1ccccc1)C(=O)Nc1ccc(Cl)c([N+](=O)[O-])c1. The predicted octanol–water partition coefficient (Wildman–Crippen LogP) is 4.04. The van der Waals surface area contributed by atoms with Crippen molar-refractivity contribution in [2.24, 2.45) is 0 Å². The number of nitro benzene ring substituents is 1. The summed E-state index contributed by atoms with van der Waals surface area (Å²) < 4.78 is 5.63. The van der Waals surface area contributed by atoms with Crippen LogP contribution in [0.3, 0.4) is 0 Å². The molecule has 0 saturated carbocycles. The molecule has 0 aliphatic rings. The van der Waals surface area contributed by atoms with Gasteiger partial charge in [0.2, 0.25) is 0 Å². The van der Waals surface area contributed by atoms with Crippen molar-refractivity contribution in [1.82, 2.24) is 0 Å². The molecule has 0 radical (unpaired) electrons. The minimum absolute atomic E-state index is 0.0144. The molecule has 1 amide bonds. The van der Waals surface area contributed by atoms with Gasteiger partial charge in [0.25, 0.3) is 11.6 Å². The molecule has 6 nitrogen and oxygen atoms in total. The molecule has 7 heteroatoms. The van der Waals surface area contributed by atoms with Gasteiger partial charge in [-0.25, -0.2) is 0 Å². The Balaban J connectivity index is 2.10. The van der Waals surface area contributed by atoms with Crippen LogP contribution in [0.25, 0.3) is 0 Å². The first-order valence-electron chi connectivity index (χ1n) is 6.97. The van der Waals surface area contributed by atoms with Crippen LogP contribution in [0.5, 0.6) is 5.75 Å². The van der Waals surface area contributed by atoms with Gasteiger partial charge in [-0.1, -0.05) is 36.7 Å². The molecule has 0 heterocycles. The largest absolute Gasteiger partial charge is 0.481 e. The summed E-state index contributed by atoms with van der Waals surface area (Å²) in [6, 6.07) is 13.1. The first kappa shape index (κ1) is 16.8. The predicted molar refractivity (Wildman–Crippen MR) is 87.9 cm³/mol. The van der Waals surface area contributed by atoms with Crippen molar-refractivity contribution < 1.29 is 14.5 Å². The van der Waals surface area contributed by atoms with Gasteiger partial charge < -0.3 is 10.1 Å². The van der Waals surface area contributed by atoms with Crippen LogP contribution in [0.15, 0.2) is 48.5 Å². The molecule has 2 aromatic carbocycles. The van der Waals surface area contributed by atoms with Gasteiger partial charge in [0.15, 0.2) is 6.10 Å². The van der Waals surface area contributed by atoms with Crippen molar-refractivity contribution in [1.29, 1.82) is 0 Å². The van der Waals surface area contributed by atoms with Crippen molar-refractivity contribution >= 4 is 28.9 Å². The van der Waals surface area contributed by atoms with E-state index in [0.29, 0.717) is 17.9 Å². The number of anilines is 1. The Morgan fingerprint density at radius 2 is 2.00 bits per heavy atom. The quantitative estimate of drug-likeness (QED) is 0.638. The lowest BCUT2D eigenvalue weighted by molar-refractivity contribution is -0.384. The number of nitrogens with zero attached hydrogens (tertiary/aromatic N) is 1. The number of carbonyl (C=O) groups excluding carboxylic acids is 1. The summed E-state index contributed by atoms with van der Waals surface area (Å²) in [6.07, 6.45) is -0.247. The topological polar surface area (TPSA) is 81.5 Å². The number of amides is 1. The van der Waals surface area contributed by atoms with Crippen LogP contribution in [0.2, 0.25) is 5.02 Å². The van der Waals surface area contributed by atoms with E-state index in [4.69, 9.17) is 16.3 Å². The number of carbonyl (C=O) groups is 1. The second-order valence-electron chi connectivity index (χ2n) is 4.74. The third-order valence-corrected chi connectivity index (χ3v) is 3.41. The molecule has 0 aromatic heterocycles. The van der Waals surface area contributed by atoms with Crippen LogP contribution in [0, 0.1) is 10.1 Å². The Labute approximate surface area is 138 Å². The van der Waals surface area contributed by atoms with E-state index in [9.17, 15) is 14.9 Å². The van der Waals surface area contributed by atoms with Crippen LogP contribution in [-0.2, 0) is 4.79 Å². The highest BCUT2D eigenvalue weighted by atomic mass is 35.5. The first-order valence-corrected chi connectivity index (χ1v) is 7.35. The Hall–Kier alpha value is -2.60. The molecule has 0 bridgehead atoms. The van der Waals surface area contributed by atoms with Crippen LogP contribution in [0.4, 0.5) is 11.4 Å². The fourth-order valence-electron chi connectivity index (χ4n) is 1.94. The van der Waals surface area contributed by atoms with Gasteiger partial charge in [-0.15, -0.1) is 0 Å². The minimum atomic E-state index is -0.702. The Bertz CT molecular complexity index is 706. The van der Waals surface area contributed by atoms with Gasteiger partial charge in [-0.2, -0.15) is 0 Å². The van der Waals surface area contributed by atoms with E-state index in [1.54, 1.807) is 12.1 Å². The maximum atomic E-state index is 12.3. The lowest BCUT2D eigenvalue weighted by Gasteiger charge is -2.17. The van der Waals surface area contributed by atoms with E-state index in [0.717, 1.165) is 0 Å². The van der Waals surface area contributed by atoms with Crippen LogP contribution < -0.4 is 10.1 Å². The zero-order valence-electron chi connectivity index (χ0n) is 12.4. The number of nitrogens with one attached hydrogen (secondary N) is 1. The van der Waals surface area contributed by atoms with Gasteiger partial charge in [0.05, 0.1) is 4.92 Å². The molecule has 23 heavy (non-hydrogen) atoms. The van der Waals surface area contributed by atoms with Gasteiger partial charge in [0, 0.05) is 11.8 Å². The fourth-order valence-corrected chi connectivity index (χ4v) is 2.13. The highest BCUT2D eigenvalue weighted by Crippen LogP contribution is 2.27. The normalized spacial score (nSPS) is 11.6. The highest BCUT2D eigenvalue weighted by molar-refractivity contribution is 6.32. The molecular formula is C16H15ClN2O4. The van der Waals surface area contributed by atoms with Crippen molar-refractivity contribution in [2.75, 3.05) is 5.32 Å². The van der Waals surface area contributed by atoms with E-state index < -0.39 is 11.0 Å². The number of nitro groups is 1. The number of ether oxygens (including phenoxy) is 1. The van der Waals surface area contributed by atoms with Gasteiger partial charge in [0.1, 0.15) is 10.8 Å². The molecule has 1 unspecified atom stereocenters. The maximum Gasteiger partial charge on any atom is 0.289 e. The number of para-hydroxylation sites is 1. The number of hydrogen-bond acceptors (Lipinski definition) is 4. The molecular weight excluding hydrogens is 320 g/mol. The smallest absolute Gasteiger partial charge is 0.289 e. The molecule has 1 atom stereocenters. The number of benzene rings is 2. The lowest BCUT2D eigenvalue weighted by atomic mass is 10.2. The van der Waals surface area contributed by atoms with Crippen LogP contribution >= 0.6 is 11.6 Å². The summed E-state index contributed by atoms with van der Waals surface area (Å²) in [6.45, 7) is 1.82. The van der Waals surface area contributed by atoms with Crippen molar-refractivity contribution in [3.05, 3.63) is 63.7 Å². The Morgan fingerprint density at radius 1 is 1.30 bits per heavy atom. The summed E-state index contributed by atoms with van der Waals surface area (Å²) in [4.78, 5) is 22.5.